The van der Waals surface area contributed by atoms with Crippen LogP contribution in [0.25, 0.3) is 0 Å². The maximum Gasteiger partial charge on any atom is 0.172 e. The van der Waals surface area contributed by atoms with Crippen LogP contribution >= 0.6 is 0 Å². The summed E-state index contributed by atoms with van der Waals surface area (Å²) in [5, 5.41) is 11.3. The van der Waals surface area contributed by atoms with Gasteiger partial charge in [-0.15, -0.1) is 5.92 Å². The first-order chi connectivity index (χ1) is 12.5. The third-order valence-corrected chi connectivity index (χ3v) is 8.13. The van der Waals surface area contributed by atoms with E-state index in [2.05, 4.69) is 24.8 Å². The van der Waals surface area contributed by atoms with Crippen molar-refractivity contribution in [3.8, 4) is 11.8 Å². The van der Waals surface area contributed by atoms with Gasteiger partial charge in [0.2, 0.25) is 0 Å². The van der Waals surface area contributed by atoms with Gasteiger partial charge in [0.25, 0.3) is 0 Å². The summed E-state index contributed by atoms with van der Waals surface area (Å²) in [5.41, 5.74) is 3.85. The van der Waals surface area contributed by atoms with Crippen LogP contribution in [0.2, 0.25) is 0 Å². The van der Waals surface area contributed by atoms with Crippen LogP contribution in [0.15, 0.2) is 22.8 Å². The molecule has 0 bridgehead atoms. The fourth-order valence-corrected chi connectivity index (χ4v) is 6.72. The first kappa shape index (κ1) is 17.0. The van der Waals surface area contributed by atoms with Gasteiger partial charge in [-0.2, -0.15) is 0 Å². The van der Waals surface area contributed by atoms with Gasteiger partial charge in [-0.3, -0.25) is 0 Å². The van der Waals surface area contributed by atoms with E-state index >= 15 is 0 Å². The Hall–Kier alpha value is -1.08. The van der Waals surface area contributed by atoms with Crippen molar-refractivity contribution in [3.63, 3.8) is 0 Å². The van der Waals surface area contributed by atoms with Gasteiger partial charge in [0.05, 0.1) is 13.2 Å². The van der Waals surface area contributed by atoms with Gasteiger partial charge in [0.1, 0.15) is 5.60 Å². The molecule has 1 heterocycles. The SMILES string of the molecule is CC#C[C@]1(O)CC[C@H]2[C@@H]3CCC4=C(CCC5(C4)OCCO5)C3=CC[C@@]21C. The maximum atomic E-state index is 11.3. The number of ether oxygens (including phenoxy) is 2. The molecule has 0 aromatic carbocycles. The molecule has 3 heteroatoms. The minimum Gasteiger partial charge on any atom is -0.377 e. The Bertz CT molecular complexity index is 745. The molecule has 0 unspecified atom stereocenters. The highest BCUT2D eigenvalue weighted by Crippen LogP contribution is 2.62. The quantitative estimate of drug-likeness (QED) is 0.665. The van der Waals surface area contributed by atoms with Gasteiger partial charge < -0.3 is 14.6 Å². The van der Waals surface area contributed by atoms with Crippen LogP contribution in [0.3, 0.4) is 0 Å². The zero-order valence-corrected chi connectivity index (χ0v) is 16.1. The molecule has 5 aliphatic rings. The standard InChI is InChI=1S/C23H30O3/c1-3-9-22(24)11-8-20-19-5-4-16-15-23(25-13-14-26-23)12-7-17(16)18(19)6-10-21(20,22)2/h6,19-20,24H,4-5,7-8,10-15H2,1-2H3/t19-,20+,21+,22+/m1/s1. The zero-order chi connectivity index (χ0) is 18.0. The molecule has 1 saturated carbocycles. The first-order valence-electron chi connectivity index (χ1n) is 10.4. The highest BCUT2D eigenvalue weighted by molar-refractivity contribution is 5.45. The van der Waals surface area contributed by atoms with Crippen molar-refractivity contribution in [2.24, 2.45) is 17.3 Å². The number of rotatable bonds is 0. The van der Waals surface area contributed by atoms with E-state index < -0.39 is 5.60 Å². The van der Waals surface area contributed by atoms with E-state index in [-0.39, 0.29) is 11.2 Å². The van der Waals surface area contributed by atoms with Gasteiger partial charge in [-0.1, -0.05) is 24.5 Å². The lowest BCUT2D eigenvalue weighted by molar-refractivity contribution is -0.164. The molecule has 1 spiro atoms. The number of allylic oxidation sites excluding steroid dienone is 3. The molecule has 140 valence electrons. The van der Waals surface area contributed by atoms with E-state index in [1.807, 2.05) is 6.92 Å². The average Bonchev–Trinajstić information content (AvgIpc) is 3.18. The van der Waals surface area contributed by atoms with Crippen LogP contribution in [-0.2, 0) is 9.47 Å². The molecule has 1 N–H and O–H groups in total. The van der Waals surface area contributed by atoms with Gasteiger partial charge in [0, 0.05) is 18.3 Å². The van der Waals surface area contributed by atoms with Crippen molar-refractivity contribution in [3.05, 3.63) is 22.8 Å². The molecule has 26 heavy (non-hydrogen) atoms. The minimum absolute atomic E-state index is 0.101. The van der Waals surface area contributed by atoms with Crippen LogP contribution < -0.4 is 0 Å². The third kappa shape index (κ3) is 2.19. The number of fused-ring (bicyclic) bond motifs is 4. The Kier molecular flexibility index (Phi) is 3.74. The fourth-order valence-electron chi connectivity index (χ4n) is 6.72. The molecule has 1 saturated heterocycles. The molecule has 5 rings (SSSR count). The predicted octanol–water partition coefficient (Wildman–Crippen LogP) is 4.12. The fraction of sp³-hybridized carbons (Fsp3) is 0.739. The summed E-state index contributed by atoms with van der Waals surface area (Å²) in [4.78, 5) is 0. The highest BCUT2D eigenvalue weighted by atomic mass is 16.7. The minimum atomic E-state index is -0.814. The monoisotopic (exact) mass is 354 g/mol. The van der Waals surface area contributed by atoms with Crippen molar-refractivity contribution >= 4 is 0 Å². The van der Waals surface area contributed by atoms with Crippen molar-refractivity contribution < 1.29 is 14.6 Å². The van der Waals surface area contributed by atoms with Crippen LogP contribution in [0, 0.1) is 29.1 Å². The lowest BCUT2D eigenvalue weighted by atomic mass is 9.56. The Balaban J connectivity index is 1.48. The number of hydrogen-bond donors (Lipinski definition) is 1. The smallest absolute Gasteiger partial charge is 0.172 e. The summed E-state index contributed by atoms with van der Waals surface area (Å²) >= 11 is 0. The van der Waals surface area contributed by atoms with Crippen LogP contribution in [-0.4, -0.2) is 29.7 Å². The lowest BCUT2D eigenvalue weighted by Crippen LogP contribution is -2.48. The molecule has 0 radical (unpaired) electrons. The summed E-state index contributed by atoms with van der Waals surface area (Å²) in [6.45, 7) is 5.61. The molecule has 0 amide bonds. The van der Waals surface area contributed by atoms with Crippen LogP contribution in [0.4, 0.5) is 0 Å². The first-order valence-corrected chi connectivity index (χ1v) is 10.4. The lowest BCUT2D eigenvalue weighted by Gasteiger charge is -2.50. The Morgan fingerprint density at radius 1 is 1.15 bits per heavy atom. The molecule has 3 nitrogen and oxygen atoms in total. The predicted molar refractivity (Wildman–Crippen MR) is 100 cm³/mol. The van der Waals surface area contributed by atoms with Crippen molar-refractivity contribution in [1.82, 2.24) is 0 Å². The van der Waals surface area contributed by atoms with Gasteiger partial charge >= 0.3 is 0 Å². The van der Waals surface area contributed by atoms with E-state index in [4.69, 9.17) is 9.47 Å². The van der Waals surface area contributed by atoms with Crippen molar-refractivity contribution in [2.45, 2.75) is 76.6 Å². The van der Waals surface area contributed by atoms with E-state index in [1.165, 1.54) is 6.42 Å². The topological polar surface area (TPSA) is 38.7 Å². The molecule has 0 aromatic heterocycles. The van der Waals surface area contributed by atoms with Crippen molar-refractivity contribution in [1.29, 1.82) is 0 Å². The van der Waals surface area contributed by atoms with Crippen LogP contribution in [0.5, 0.6) is 0 Å². The molecule has 4 aliphatic carbocycles. The summed E-state index contributed by atoms with van der Waals surface area (Å²) in [7, 11) is 0. The molecular weight excluding hydrogens is 324 g/mol. The highest BCUT2D eigenvalue weighted by Gasteiger charge is 2.60. The number of aliphatic hydroxyl groups is 1. The third-order valence-electron chi connectivity index (χ3n) is 8.13. The second-order valence-electron chi connectivity index (χ2n) is 9.17. The second kappa shape index (κ2) is 5.71. The Labute approximate surface area is 156 Å². The van der Waals surface area contributed by atoms with E-state index in [0.717, 1.165) is 58.2 Å². The summed E-state index contributed by atoms with van der Waals surface area (Å²) in [6.07, 6.45) is 10.7. The summed E-state index contributed by atoms with van der Waals surface area (Å²) < 4.78 is 12.0. The Morgan fingerprint density at radius 3 is 2.73 bits per heavy atom. The Morgan fingerprint density at radius 2 is 1.96 bits per heavy atom. The average molecular weight is 354 g/mol. The van der Waals surface area contributed by atoms with E-state index in [9.17, 15) is 5.11 Å². The molecule has 2 fully saturated rings. The van der Waals surface area contributed by atoms with Crippen molar-refractivity contribution in [2.75, 3.05) is 13.2 Å². The van der Waals surface area contributed by atoms with E-state index in [1.54, 1.807) is 16.7 Å². The van der Waals surface area contributed by atoms with Gasteiger partial charge in [0.15, 0.2) is 5.79 Å². The summed E-state index contributed by atoms with van der Waals surface area (Å²) in [6, 6.07) is 0. The largest absolute Gasteiger partial charge is 0.377 e. The summed E-state index contributed by atoms with van der Waals surface area (Å²) in [5.74, 6) is 7.00. The normalized spacial score (nSPS) is 43.3. The van der Waals surface area contributed by atoms with Gasteiger partial charge in [-0.05, 0) is 68.4 Å². The molecule has 0 aromatic rings. The maximum absolute atomic E-state index is 11.3. The number of hydrogen-bond acceptors (Lipinski definition) is 3. The van der Waals surface area contributed by atoms with Crippen LogP contribution in [0.1, 0.15) is 65.2 Å². The molecule has 1 aliphatic heterocycles. The second-order valence-corrected chi connectivity index (χ2v) is 9.17. The zero-order valence-electron chi connectivity index (χ0n) is 16.1. The van der Waals surface area contributed by atoms with Gasteiger partial charge in [-0.25, -0.2) is 0 Å². The van der Waals surface area contributed by atoms with E-state index in [0.29, 0.717) is 11.8 Å². The molecular formula is C23H30O3. The molecule has 4 atom stereocenters.